The highest BCUT2D eigenvalue weighted by molar-refractivity contribution is 5.76. The highest BCUT2D eigenvalue weighted by Gasteiger charge is 2.40. The van der Waals surface area contributed by atoms with E-state index in [2.05, 4.69) is 10.00 Å². The molecule has 47 heavy (non-hydrogen) atoms. The molecule has 0 spiro atoms. The molecule has 2 heterocycles. The van der Waals surface area contributed by atoms with E-state index in [4.69, 9.17) is 9.47 Å². The summed E-state index contributed by atoms with van der Waals surface area (Å²) in [6.45, 7) is 2.43. The lowest BCUT2D eigenvalue weighted by atomic mass is 10.00. The third-order valence-corrected chi connectivity index (χ3v) is 7.71. The van der Waals surface area contributed by atoms with Crippen LogP contribution in [-0.4, -0.2) is 77.6 Å². The molecule has 1 atom stereocenters. The zero-order valence-electron chi connectivity index (χ0n) is 26.7. The molecule has 1 aliphatic rings. The first-order valence-electron chi connectivity index (χ1n) is 14.8. The zero-order chi connectivity index (χ0) is 34.5. The van der Waals surface area contributed by atoms with Crippen LogP contribution in [0, 0.1) is 11.3 Å². The maximum atomic E-state index is 14.1. The third kappa shape index (κ3) is 7.83. The normalized spacial score (nSPS) is 14.6. The Labute approximate surface area is 269 Å². The summed E-state index contributed by atoms with van der Waals surface area (Å²) in [7, 11) is 6.68. The minimum absolute atomic E-state index is 0.0267. The number of amides is 1. The second kappa shape index (κ2) is 14.5. The van der Waals surface area contributed by atoms with E-state index < -0.39 is 42.1 Å². The first-order chi connectivity index (χ1) is 22.3. The molecular weight excluding hydrogens is 619 g/mol. The average Bonchev–Trinajstić information content (AvgIpc) is 3.34. The predicted molar refractivity (Wildman–Crippen MR) is 166 cm³/mol. The molecule has 1 aromatic heterocycles. The van der Waals surface area contributed by atoms with Crippen molar-refractivity contribution in [2.75, 3.05) is 46.2 Å². The molecular formula is C32H36F3N7O5. The van der Waals surface area contributed by atoms with Crippen LogP contribution in [0.1, 0.15) is 48.9 Å². The number of ether oxygens (including phenoxy) is 2. The van der Waals surface area contributed by atoms with Crippen molar-refractivity contribution >= 4 is 23.7 Å². The lowest BCUT2D eigenvalue weighted by Crippen LogP contribution is -2.39. The largest absolute Gasteiger partial charge is 0.513 e. The minimum Gasteiger partial charge on any atom is -0.437 e. The van der Waals surface area contributed by atoms with E-state index in [0.717, 1.165) is 54.3 Å². The Kier molecular flexibility index (Phi) is 10.8. The number of anilines is 2. The van der Waals surface area contributed by atoms with Gasteiger partial charge in [-0.15, -0.1) is 5.10 Å². The van der Waals surface area contributed by atoms with Crippen LogP contribution < -0.4 is 10.6 Å². The number of rotatable bonds is 11. The van der Waals surface area contributed by atoms with Crippen molar-refractivity contribution in [2.24, 2.45) is 0 Å². The smallest absolute Gasteiger partial charge is 0.437 e. The quantitative estimate of drug-likeness (QED) is 0.210. The van der Waals surface area contributed by atoms with Gasteiger partial charge in [-0.3, -0.25) is 9.69 Å². The summed E-state index contributed by atoms with van der Waals surface area (Å²) in [5.74, 6) is -0.641. The van der Waals surface area contributed by atoms with E-state index >= 15 is 0 Å². The molecule has 1 amide bonds. The Morgan fingerprint density at radius 2 is 1.72 bits per heavy atom. The van der Waals surface area contributed by atoms with Gasteiger partial charge in [-0.2, -0.15) is 18.4 Å². The van der Waals surface area contributed by atoms with Crippen LogP contribution in [-0.2, 0) is 27.0 Å². The molecule has 0 bridgehead atoms. The van der Waals surface area contributed by atoms with Crippen LogP contribution in [0.15, 0.2) is 64.8 Å². The summed E-state index contributed by atoms with van der Waals surface area (Å²) in [5, 5.41) is 13.8. The molecule has 250 valence electrons. The van der Waals surface area contributed by atoms with Crippen molar-refractivity contribution in [3.63, 3.8) is 0 Å². The number of unbranched alkanes of at least 4 members (excludes halogenated alkanes) is 2. The van der Waals surface area contributed by atoms with Crippen LogP contribution in [0.2, 0.25) is 0 Å². The fourth-order valence-corrected chi connectivity index (χ4v) is 5.22. The molecule has 0 radical (unpaired) electrons. The zero-order valence-corrected chi connectivity index (χ0v) is 26.7. The van der Waals surface area contributed by atoms with Gasteiger partial charge < -0.3 is 19.3 Å². The number of aromatic nitrogens is 3. The van der Waals surface area contributed by atoms with Gasteiger partial charge in [0.1, 0.15) is 12.6 Å². The van der Waals surface area contributed by atoms with Crippen molar-refractivity contribution in [1.82, 2.24) is 24.1 Å². The van der Waals surface area contributed by atoms with Gasteiger partial charge in [-0.1, -0.05) is 24.6 Å². The highest BCUT2D eigenvalue weighted by Crippen LogP contribution is 2.43. The number of halogens is 3. The van der Waals surface area contributed by atoms with Gasteiger partial charge in [-0.25, -0.2) is 18.8 Å². The summed E-state index contributed by atoms with van der Waals surface area (Å²) >= 11 is 0. The number of hydrogen-bond acceptors (Lipinski definition) is 9. The van der Waals surface area contributed by atoms with Gasteiger partial charge in [0.2, 0.25) is 11.9 Å². The number of fused-ring (bicyclic) bond motifs is 1. The summed E-state index contributed by atoms with van der Waals surface area (Å²) in [5.41, 5.74) is -0.906. The Bertz CT molecular complexity index is 1740. The first-order valence-corrected chi connectivity index (χ1v) is 14.8. The van der Waals surface area contributed by atoms with E-state index in [0.29, 0.717) is 17.7 Å². The van der Waals surface area contributed by atoms with Crippen molar-refractivity contribution < 1.29 is 32.2 Å². The molecule has 15 heteroatoms. The lowest BCUT2D eigenvalue weighted by molar-refractivity contribution is -0.137. The van der Waals surface area contributed by atoms with Crippen molar-refractivity contribution in [2.45, 2.75) is 44.9 Å². The number of methoxy groups -OCH3 is 1. The van der Waals surface area contributed by atoms with E-state index in [-0.39, 0.29) is 23.1 Å². The monoisotopic (exact) mass is 655 g/mol. The fourth-order valence-electron chi connectivity index (χ4n) is 5.22. The van der Waals surface area contributed by atoms with Crippen LogP contribution in [0.3, 0.4) is 0 Å². The molecule has 3 aromatic rings. The Hall–Kier alpha value is -5.10. The number of carbonyl (C=O) groups excluding carboxylic acids is 2. The van der Waals surface area contributed by atoms with Gasteiger partial charge in [-0.05, 0) is 76.3 Å². The number of nitriles is 1. The van der Waals surface area contributed by atoms with Gasteiger partial charge in [0.05, 0.1) is 30.0 Å². The van der Waals surface area contributed by atoms with E-state index in [1.165, 1.54) is 41.0 Å². The SMILES string of the molecule is COC(=O)OC1=C(C)N(c2cccc(C(F)(F)F)c2)c2nn(CC(=O)N(C)CCCCCN(C)C)c(=O)n2C1c1ccc(C#N)cc1. The van der Waals surface area contributed by atoms with Gasteiger partial charge in [0.25, 0.3) is 0 Å². The Balaban J connectivity index is 1.83. The van der Waals surface area contributed by atoms with E-state index in [1.807, 2.05) is 20.2 Å². The molecule has 1 aliphatic heterocycles. The molecule has 0 saturated heterocycles. The number of allylic oxidation sites excluding steroid dienone is 2. The lowest BCUT2D eigenvalue weighted by Gasteiger charge is -2.35. The molecule has 0 aliphatic carbocycles. The Morgan fingerprint density at radius 1 is 1.04 bits per heavy atom. The van der Waals surface area contributed by atoms with Crippen LogP contribution in [0.5, 0.6) is 0 Å². The second-order valence-corrected chi connectivity index (χ2v) is 11.3. The third-order valence-electron chi connectivity index (χ3n) is 7.71. The first kappa shape index (κ1) is 34.8. The molecule has 4 rings (SSSR count). The number of carbonyl (C=O) groups is 2. The molecule has 12 nitrogen and oxygen atoms in total. The van der Waals surface area contributed by atoms with Gasteiger partial charge in [0.15, 0.2) is 5.76 Å². The summed E-state index contributed by atoms with van der Waals surface area (Å²) < 4.78 is 53.6. The molecule has 2 aromatic carbocycles. The maximum absolute atomic E-state index is 14.1. The number of likely N-dealkylation sites (N-methyl/N-ethyl adjacent to an activating group) is 1. The predicted octanol–water partition coefficient (Wildman–Crippen LogP) is 4.88. The standard InChI is InChI=1S/C32H36F3N7O5/c1-21-28(47-31(45)46-5)27(23-14-12-22(19-36)13-15-23)42-29(41(21)25-11-9-10-24(18-25)32(33,34)35)37-40(30(42)44)20-26(43)39(4)17-8-6-7-16-38(2)3/h9-15,18,27H,6-8,16-17,20H2,1-5H3. The Morgan fingerprint density at radius 3 is 2.34 bits per heavy atom. The number of benzene rings is 2. The molecule has 0 N–H and O–H groups in total. The van der Waals surface area contributed by atoms with E-state index in [9.17, 15) is 32.8 Å². The molecule has 0 saturated carbocycles. The summed E-state index contributed by atoms with van der Waals surface area (Å²) in [4.78, 5) is 44.6. The fraction of sp³-hybridized carbons (Fsp3) is 0.406. The van der Waals surface area contributed by atoms with Crippen molar-refractivity contribution in [3.8, 4) is 6.07 Å². The highest BCUT2D eigenvalue weighted by atomic mass is 19.4. The number of alkyl halides is 3. The number of hydrogen-bond donors (Lipinski definition) is 0. The number of nitrogens with zero attached hydrogens (tertiary/aromatic N) is 7. The van der Waals surface area contributed by atoms with Crippen LogP contribution in [0.4, 0.5) is 29.6 Å². The molecule has 0 fully saturated rings. The van der Waals surface area contributed by atoms with Gasteiger partial charge in [0, 0.05) is 19.3 Å². The van der Waals surface area contributed by atoms with Crippen LogP contribution >= 0.6 is 0 Å². The maximum Gasteiger partial charge on any atom is 0.513 e. The van der Waals surface area contributed by atoms with Crippen LogP contribution in [0.25, 0.3) is 0 Å². The summed E-state index contributed by atoms with van der Waals surface area (Å²) in [6.07, 6.45) is -3.19. The van der Waals surface area contributed by atoms with Gasteiger partial charge >= 0.3 is 18.0 Å². The summed E-state index contributed by atoms with van der Waals surface area (Å²) in [6, 6.07) is 11.3. The second-order valence-electron chi connectivity index (χ2n) is 11.3. The van der Waals surface area contributed by atoms with E-state index in [1.54, 1.807) is 19.2 Å². The van der Waals surface area contributed by atoms with Crippen molar-refractivity contribution in [3.05, 3.63) is 87.2 Å². The minimum atomic E-state index is -4.68. The molecule has 1 unspecified atom stereocenters. The average molecular weight is 656 g/mol. The topological polar surface area (TPSA) is 126 Å². The van der Waals surface area contributed by atoms with Crippen molar-refractivity contribution in [1.29, 1.82) is 5.26 Å².